The van der Waals surface area contributed by atoms with Crippen LogP contribution in [-0.4, -0.2) is 28.7 Å². The van der Waals surface area contributed by atoms with Crippen LogP contribution in [-0.2, 0) is 0 Å². The summed E-state index contributed by atoms with van der Waals surface area (Å²) in [7, 11) is 0. The molecule has 20 heavy (non-hydrogen) atoms. The van der Waals surface area contributed by atoms with E-state index < -0.39 is 0 Å². The van der Waals surface area contributed by atoms with Gasteiger partial charge in [0.25, 0.3) is 0 Å². The van der Waals surface area contributed by atoms with E-state index in [0.29, 0.717) is 17.6 Å². The quantitative estimate of drug-likeness (QED) is 0.919. The van der Waals surface area contributed by atoms with Gasteiger partial charge in [-0.2, -0.15) is 4.98 Å². The molecule has 1 aliphatic carbocycles. The van der Waals surface area contributed by atoms with Crippen LogP contribution >= 0.6 is 0 Å². The zero-order chi connectivity index (χ0) is 14.1. The van der Waals surface area contributed by atoms with Crippen molar-refractivity contribution in [3.05, 3.63) is 6.33 Å². The molecular formula is C15H24N4O. The highest BCUT2D eigenvalue weighted by Gasteiger charge is 2.36. The van der Waals surface area contributed by atoms with Gasteiger partial charge in [0.1, 0.15) is 12.0 Å². The average Bonchev–Trinajstić information content (AvgIpc) is 2.89. The Morgan fingerprint density at radius 1 is 1.25 bits per heavy atom. The Bertz CT molecular complexity index is 477. The number of aromatic nitrogens is 2. The SMILES string of the molecule is CC(C)Oc1ncnc(N2CCCC3CCCC32)c1N. The Labute approximate surface area is 120 Å². The molecule has 2 aliphatic rings. The molecule has 2 fully saturated rings. The molecule has 0 radical (unpaired) electrons. The van der Waals surface area contributed by atoms with Crippen LogP contribution in [0.15, 0.2) is 6.33 Å². The molecule has 2 unspecified atom stereocenters. The standard InChI is InChI=1S/C15H24N4O/c1-10(2)20-15-13(16)14(17-9-18-15)19-8-4-6-11-5-3-7-12(11)19/h9-12H,3-8,16H2,1-2H3. The Kier molecular flexibility index (Phi) is 3.68. The van der Waals surface area contributed by atoms with Gasteiger partial charge in [0.2, 0.25) is 5.88 Å². The summed E-state index contributed by atoms with van der Waals surface area (Å²) in [5, 5.41) is 0. The van der Waals surface area contributed by atoms with Crippen molar-refractivity contribution in [1.82, 2.24) is 9.97 Å². The van der Waals surface area contributed by atoms with Crippen LogP contribution in [0.2, 0.25) is 0 Å². The van der Waals surface area contributed by atoms with Gasteiger partial charge in [0.05, 0.1) is 6.10 Å². The Morgan fingerprint density at radius 2 is 2.05 bits per heavy atom. The summed E-state index contributed by atoms with van der Waals surface area (Å²) in [6, 6.07) is 0.604. The minimum absolute atomic E-state index is 0.0700. The summed E-state index contributed by atoms with van der Waals surface area (Å²) in [6.45, 7) is 5.01. The number of anilines is 2. The molecule has 1 aliphatic heterocycles. The van der Waals surface area contributed by atoms with Crippen LogP contribution in [0, 0.1) is 5.92 Å². The Hall–Kier alpha value is -1.52. The van der Waals surface area contributed by atoms with Gasteiger partial charge in [0.15, 0.2) is 5.82 Å². The molecule has 0 amide bonds. The molecule has 3 rings (SSSR count). The van der Waals surface area contributed by atoms with Crippen LogP contribution in [0.3, 0.4) is 0 Å². The molecule has 2 heterocycles. The zero-order valence-electron chi connectivity index (χ0n) is 12.4. The highest BCUT2D eigenvalue weighted by Crippen LogP contribution is 2.41. The summed E-state index contributed by atoms with van der Waals surface area (Å²) in [5.41, 5.74) is 6.85. The summed E-state index contributed by atoms with van der Waals surface area (Å²) in [4.78, 5) is 11.0. The number of nitrogens with two attached hydrogens (primary N) is 1. The third-order valence-corrected chi connectivity index (χ3v) is 4.44. The van der Waals surface area contributed by atoms with E-state index in [0.717, 1.165) is 18.3 Å². The van der Waals surface area contributed by atoms with Crippen LogP contribution in [0.25, 0.3) is 0 Å². The van der Waals surface area contributed by atoms with Crippen molar-refractivity contribution in [2.45, 2.75) is 58.1 Å². The van der Waals surface area contributed by atoms with E-state index in [1.807, 2.05) is 13.8 Å². The first-order valence-corrected chi connectivity index (χ1v) is 7.70. The number of hydrogen-bond acceptors (Lipinski definition) is 5. The fraction of sp³-hybridized carbons (Fsp3) is 0.733. The minimum atomic E-state index is 0.0700. The average molecular weight is 276 g/mol. The van der Waals surface area contributed by atoms with Gasteiger partial charge < -0.3 is 15.4 Å². The number of piperidine rings is 1. The van der Waals surface area contributed by atoms with Crippen molar-refractivity contribution in [1.29, 1.82) is 0 Å². The van der Waals surface area contributed by atoms with Crippen LogP contribution in [0.1, 0.15) is 46.0 Å². The molecule has 2 N–H and O–H groups in total. The molecule has 5 nitrogen and oxygen atoms in total. The summed E-state index contributed by atoms with van der Waals surface area (Å²) in [5.74, 6) is 2.20. The Morgan fingerprint density at radius 3 is 2.85 bits per heavy atom. The molecule has 110 valence electrons. The predicted molar refractivity (Wildman–Crippen MR) is 79.9 cm³/mol. The summed E-state index contributed by atoms with van der Waals surface area (Å²) in [6.07, 6.45) is 8.15. The topological polar surface area (TPSA) is 64.3 Å². The van der Waals surface area contributed by atoms with Crippen molar-refractivity contribution in [3.8, 4) is 5.88 Å². The molecule has 1 aromatic heterocycles. The first-order valence-electron chi connectivity index (χ1n) is 7.70. The number of fused-ring (bicyclic) bond motifs is 1. The zero-order valence-corrected chi connectivity index (χ0v) is 12.4. The minimum Gasteiger partial charge on any atom is -0.473 e. The number of rotatable bonds is 3. The lowest BCUT2D eigenvalue weighted by molar-refractivity contribution is 0.233. The first kappa shape index (κ1) is 13.5. The first-order chi connectivity index (χ1) is 9.66. The van der Waals surface area contributed by atoms with E-state index in [-0.39, 0.29) is 6.10 Å². The van der Waals surface area contributed by atoms with Crippen molar-refractivity contribution >= 4 is 11.5 Å². The maximum atomic E-state index is 6.25. The van der Waals surface area contributed by atoms with Crippen molar-refractivity contribution < 1.29 is 4.74 Å². The molecule has 1 saturated carbocycles. The molecule has 5 heteroatoms. The van der Waals surface area contributed by atoms with Gasteiger partial charge >= 0.3 is 0 Å². The lowest BCUT2D eigenvalue weighted by Crippen LogP contribution is -2.43. The van der Waals surface area contributed by atoms with Gasteiger partial charge in [0, 0.05) is 12.6 Å². The number of nitrogens with zero attached hydrogens (tertiary/aromatic N) is 3. The monoisotopic (exact) mass is 276 g/mol. The van der Waals surface area contributed by atoms with E-state index >= 15 is 0 Å². The van der Waals surface area contributed by atoms with E-state index in [4.69, 9.17) is 10.5 Å². The van der Waals surface area contributed by atoms with Crippen LogP contribution < -0.4 is 15.4 Å². The van der Waals surface area contributed by atoms with Crippen LogP contribution in [0.5, 0.6) is 5.88 Å². The van der Waals surface area contributed by atoms with Gasteiger partial charge in [-0.15, -0.1) is 0 Å². The maximum absolute atomic E-state index is 6.25. The van der Waals surface area contributed by atoms with Crippen molar-refractivity contribution in [3.63, 3.8) is 0 Å². The summed E-state index contributed by atoms with van der Waals surface area (Å²) >= 11 is 0. The fourth-order valence-corrected chi connectivity index (χ4v) is 3.63. The molecule has 0 spiro atoms. The third-order valence-electron chi connectivity index (χ3n) is 4.44. The second-order valence-electron chi connectivity index (χ2n) is 6.18. The normalized spacial score (nSPS) is 25.9. The smallest absolute Gasteiger partial charge is 0.242 e. The molecular weight excluding hydrogens is 252 g/mol. The maximum Gasteiger partial charge on any atom is 0.242 e. The summed E-state index contributed by atoms with van der Waals surface area (Å²) < 4.78 is 5.69. The van der Waals surface area contributed by atoms with Crippen LogP contribution in [0.4, 0.5) is 11.5 Å². The third kappa shape index (κ3) is 2.41. The molecule has 1 saturated heterocycles. The van der Waals surface area contributed by atoms with Gasteiger partial charge in [-0.1, -0.05) is 6.42 Å². The highest BCUT2D eigenvalue weighted by molar-refractivity contribution is 5.68. The number of ether oxygens (including phenoxy) is 1. The van der Waals surface area contributed by atoms with E-state index in [1.165, 1.54) is 32.1 Å². The van der Waals surface area contributed by atoms with Gasteiger partial charge in [-0.3, -0.25) is 0 Å². The lowest BCUT2D eigenvalue weighted by Gasteiger charge is -2.39. The number of hydrogen-bond donors (Lipinski definition) is 1. The molecule has 1 aromatic rings. The molecule has 0 bridgehead atoms. The van der Waals surface area contributed by atoms with E-state index in [9.17, 15) is 0 Å². The largest absolute Gasteiger partial charge is 0.473 e. The van der Waals surface area contributed by atoms with Gasteiger partial charge in [-0.05, 0) is 45.4 Å². The second-order valence-corrected chi connectivity index (χ2v) is 6.18. The lowest BCUT2D eigenvalue weighted by atomic mass is 9.92. The van der Waals surface area contributed by atoms with Crippen molar-refractivity contribution in [2.24, 2.45) is 5.92 Å². The highest BCUT2D eigenvalue weighted by atomic mass is 16.5. The second kappa shape index (κ2) is 5.46. The van der Waals surface area contributed by atoms with E-state index in [1.54, 1.807) is 6.33 Å². The predicted octanol–water partition coefficient (Wildman–Crippen LogP) is 2.61. The molecule has 2 atom stereocenters. The Balaban J connectivity index is 1.89. The molecule has 0 aromatic carbocycles. The van der Waals surface area contributed by atoms with E-state index in [2.05, 4.69) is 14.9 Å². The van der Waals surface area contributed by atoms with Crippen molar-refractivity contribution in [2.75, 3.05) is 17.2 Å². The number of nitrogen functional groups attached to an aromatic ring is 1. The van der Waals surface area contributed by atoms with Gasteiger partial charge in [-0.25, -0.2) is 4.98 Å². The fourth-order valence-electron chi connectivity index (χ4n) is 3.63.